The fourth-order valence-corrected chi connectivity index (χ4v) is 7.46. The van der Waals surface area contributed by atoms with Crippen LogP contribution < -0.4 is 0 Å². The number of hydrogen-bond donors (Lipinski definition) is 0. The van der Waals surface area contributed by atoms with Crippen molar-refractivity contribution < 1.29 is 28.6 Å². The number of ether oxygens (including phenoxy) is 3. The van der Waals surface area contributed by atoms with Crippen molar-refractivity contribution in [2.24, 2.45) is 11.8 Å². The zero-order valence-corrected chi connectivity index (χ0v) is 38.3. The monoisotopic (exact) mass is 793 g/mol. The van der Waals surface area contributed by atoms with Crippen LogP contribution in [0.3, 0.4) is 0 Å². The Kier molecular flexibility index (Phi) is 41.8. The molecule has 0 saturated heterocycles. The third-order valence-electron chi connectivity index (χ3n) is 11.2. The van der Waals surface area contributed by atoms with Crippen molar-refractivity contribution in [1.29, 1.82) is 0 Å². The van der Waals surface area contributed by atoms with Gasteiger partial charge in [-0.15, -0.1) is 0 Å². The van der Waals surface area contributed by atoms with Gasteiger partial charge < -0.3 is 14.2 Å². The zero-order chi connectivity index (χ0) is 41.2. The summed E-state index contributed by atoms with van der Waals surface area (Å²) in [5.41, 5.74) is 0. The minimum Gasteiger partial charge on any atom is -0.462 e. The van der Waals surface area contributed by atoms with Gasteiger partial charge in [-0.1, -0.05) is 234 Å². The van der Waals surface area contributed by atoms with Crippen LogP contribution in [0, 0.1) is 11.8 Å². The van der Waals surface area contributed by atoms with E-state index in [1.807, 2.05) is 0 Å². The molecular weight excluding hydrogens is 697 g/mol. The van der Waals surface area contributed by atoms with E-state index in [9.17, 15) is 14.4 Å². The molecule has 0 aliphatic carbocycles. The van der Waals surface area contributed by atoms with Crippen LogP contribution >= 0.6 is 0 Å². The Labute approximate surface area is 348 Å². The molecule has 0 amide bonds. The molecular formula is C50H96O6. The third-order valence-corrected chi connectivity index (χ3v) is 11.2. The van der Waals surface area contributed by atoms with Crippen molar-refractivity contribution in [3.8, 4) is 0 Å². The molecule has 0 aromatic heterocycles. The quantitative estimate of drug-likeness (QED) is 0.0347. The Balaban J connectivity index is 4.07. The zero-order valence-electron chi connectivity index (χ0n) is 38.3. The predicted molar refractivity (Wildman–Crippen MR) is 238 cm³/mol. The van der Waals surface area contributed by atoms with Gasteiger partial charge >= 0.3 is 17.9 Å². The summed E-state index contributed by atoms with van der Waals surface area (Å²) in [6.45, 7) is 11.3. The molecule has 332 valence electrons. The molecule has 0 N–H and O–H groups in total. The maximum atomic E-state index is 12.6. The molecule has 6 nitrogen and oxygen atoms in total. The first kappa shape index (κ1) is 54.4. The SMILES string of the molecule is CCCCCCCC(=O)O[C@@H](COC(=O)CCCCCCCCCCCCCCCCCC(C)C)COC(=O)CCCCCCCCCCCCCCC(C)C. The molecule has 0 aliphatic heterocycles. The molecule has 56 heavy (non-hydrogen) atoms. The molecule has 1 atom stereocenters. The second-order valence-electron chi connectivity index (χ2n) is 18.1. The normalized spacial score (nSPS) is 12.1. The molecule has 0 fully saturated rings. The van der Waals surface area contributed by atoms with E-state index in [2.05, 4.69) is 34.6 Å². The van der Waals surface area contributed by atoms with Crippen LogP contribution in [0.5, 0.6) is 0 Å². The molecule has 0 aliphatic rings. The molecule has 0 aromatic rings. The van der Waals surface area contributed by atoms with Crippen molar-refractivity contribution in [3.05, 3.63) is 0 Å². The largest absolute Gasteiger partial charge is 0.462 e. The third kappa shape index (κ3) is 43.5. The molecule has 0 rings (SSSR count). The van der Waals surface area contributed by atoms with Crippen LogP contribution in [-0.2, 0) is 28.6 Å². The second-order valence-corrected chi connectivity index (χ2v) is 18.1. The fraction of sp³-hybridized carbons (Fsp3) is 0.940. The fourth-order valence-electron chi connectivity index (χ4n) is 7.46. The average molecular weight is 793 g/mol. The summed E-state index contributed by atoms with van der Waals surface area (Å²) in [6, 6.07) is 0. The summed E-state index contributed by atoms with van der Waals surface area (Å²) in [5.74, 6) is 0.817. The van der Waals surface area contributed by atoms with E-state index in [0.29, 0.717) is 19.3 Å². The topological polar surface area (TPSA) is 78.9 Å². The summed E-state index contributed by atoms with van der Waals surface area (Å²) in [6.07, 6.45) is 42.7. The number of carbonyl (C=O) groups is 3. The molecule has 0 unspecified atom stereocenters. The van der Waals surface area contributed by atoms with E-state index < -0.39 is 6.10 Å². The highest BCUT2D eigenvalue weighted by Gasteiger charge is 2.19. The maximum absolute atomic E-state index is 12.6. The number of esters is 3. The molecule has 0 spiro atoms. The van der Waals surface area contributed by atoms with Gasteiger partial charge in [-0.3, -0.25) is 14.4 Å². The van der Waals surface area contributed by atoms with Crippen LogP contribution in [-0.4, -0.2) is 37.2 Å². The summed E-state index contributed by atoms with van der Waals surface area (Å²) < 4.78 is 16.7. The van der Waals surface area contributed by atoms with E-state index >= 15 is 0 Å². The van der Waals surface area contributed by atoms with Gasteiger partial charge in [-0.25, -0.2) is 0 Å². The van der Waals surface area contributed by atoms with E-state index in [1.54, 1.807) is 0 Å². The highest BCUT2D eigenvalue weighted by molar-refractivity contribution is 5.71. The van der Waals surface area contributed by atoms with Gasteiger partial charge in [0.15, 0.2) is 6.10 Å². The Morgan fingerprint density at radius 1 is 0.339 bits per heavy atom. The Morgan fingerprint density at radius 2 is 0.589 bits per heavy atom. The van der Waals surface area contributed by atoms with Crippen LogP contribution in [0.25, 0.3) is 0 Å². The molecule has 0 radical (unpaired) electrons. The van der Waals surface area contributed by atoms with Gasteiger partial charge in [0.25, 0.3) is 0 Å². The van der Waals surface area contributed by atoms with E-state index in [4.69, 9.17) is 14.2 Å². The van der Waals surface area contributed by atoms with Gasteiger partial charge in [0.1, 0.15) is 13.2 Å². The number of hydrogen-bond acceptors (Lipinski definition) is 6. The standard InChI is InChI=1S/C50H96O6/c1-6-7-8-28-37-42-50(53)56-47(44-55-49(52)41-36-32-27-23-19-15-14-17-21-25-30-34-39-46(4)5)43-54-48(51)40-35-31-26-22-18-13-11-9-10-12-16-20-24-29-33-38-45(2)3/h45-47H,6-44H2,1-5H3/t47-/m0/s1. The molecule has 0 bridgehead atoms. The second kappa shape index (κ2) is 43.0. The predicted octanol–water partition coefficient (Wildman–Crippen LogP) is 15.8. The van der Waals surface area contributed by atoms with Gasteiger partial charge in [-0.05, 0) is 31.1 Å². The Morgan fingerprint density at radius 3 is 0.875 bits per heavy atom. The van der Waals surface area contributed by atoms with E-state index in [-0.39, 0.29) is 31.1 Å². The van der Waals surface area contributed by atoms with Crippen molar-refractivity contribution in [3.63, 3.8) is 0 Å². The lowest BCUT2D eigenvalue weighted by molar-refractivity contribution is -0.167. The smallest absolute Gasteiger partial charge is 0.306 e. The molecule has 0 heterocycles. The van der Waals surface area contributed by atoms with Gasteiger partial charge in [0.2, 0.25) is 0 Å². The first-order valence-electron chi connectivity index (χ1n) is 24.7. The van der Waals surface area contributed by atoms with Gasteiger partial charge in [0, 0.05) is 19.3 Å². The lowest BCUT2D eigenvalue weighted by atomic mass is 10.0. The average Bonchev–Trinajstić information content (AvgIpc) is 3.16. The summed E-state index contributed by atoms with van der Waals surface area (Å²) in [4.78, 5) is 37.6. The maximum Gasteiger partial charge on any atom is 0.306 e. The lowest BCUT2D eigenvalue weighted by Crippen LogP contribution is -2.30. The number of rotatable bonds is 44. The summed E-state index contributed by atoms with van der Waals surface area (Å²) >= 11 is 0. The van der Waals surface area contributed by atoms with E-state index in [1.165, 1.54) is 154 Å². The van der Waals surface area contributed by atoms with E-state index in [0.717, 1.165) is 76.0 Å². The summed E-state index contributed by atoms with van der Waals surface area (Å²) in [5, 5.41) is 0. The molecule has 0 aromatic carbocycles. The van der Waals surface area contributed by atoms with Gasteiger partial charge in [-0.2, -0.15) is 0 Å². The highest BCUT2D eigenvalue weighted by atomic mass is 16.6. The van der Waals surface area contributed by atoms with Crippen LogP contribution in [0.2, 0.25) is 0 Å². The van der Waals surface area contributed by atoms with Crippen molar-refractivity contribution in [1.82, 2.24) is 0 Å². The van der Waals surface area contributed by atoms with Crippen LogP contribution in [0.15, 0.2) is 0 Å². The molecule has 6 heteroatoms. The van der Waals surface area contributed by atoms with Crippen LogP contribution in [0.1, 0.15) is 272 Å². The Hall–Kier alpha value is -1.59. The number of unbranched alkanes of at least 4 members (excludes halogenated alkanes) is 29. The first-order chi connectivity index (χ1) is 27.2. The van der Waals surface area contributed by atoms with Crippen molar-refractivity contribution in [2.75, 3.05) is 13.2 Å². The van der Waals surface area contributed by atoms with Crippen LogP contribution in [0.4, 0.5) is 0 Å². The first-order valence-corrected chi connectivity index (χ1v) is 24.7. The minimum absolute atomic E-state index is 0.0654. The minimum atomic E-state index is -0.759. The number of carbonyl (C=O) groups excluding carboxylic acids is 3. The summed E-state index contributed by atoms with van der Waals surface area (Å²) in [7, 11) is 0. The Bertz CT molecular complexity index is 854. The molecule has 0 saturated carbocycles. The highest BCUT2D eigenvalue weighted by Crippen LogP contribution is 2.17. The van der Waals surface area contributed by atoms with Crippen molar-refractivity contribution in [2.45, 2.75) is 278 Å². The van der Waals surface area contributed by atoms with Gasteiger partial charge in [0.05, 0.1) is 0 Å². The lowest BCUT2D eigenvalue weighted by Gasteiger charge is -2.18. The van der Waals surface area contributed by atoms with Crippen molar-refractivity contribution >= 4 is 17.9 Å².